The summed E-state index contributed by atoms with van der Waals surface area (Å²) in [6.45, 7) is 1.05. The number of likely N-dealkylation sites (tertiary alicyclic amines) is 1. The van der Waals surface area contributed by atoms with Crippen LogP contribution in [0.2, 0.25) is 0 Å². The number of carbonyl (C=O) groups is 1. The molecule has 1 aromatic heterocycles. The minimum Gasteiger partial charge on any atom is -0.464 e. The largest absolute Gasteiger partial charge is 0.464 e. The van der Waals surface area contributed by atoms with Crippen molar-refractivity contribution in [2.24, 2.45) is 0 Å². The summed E-state index contributed by atoms with van der Waals surface area (Å²) in [7, 11) is 0. The first-order valence-corrected chi connectivity index (χ1v) is 7.43. The molecular formula is C15H20F3NO3. The van der Waals surface area contributed by atoms with Crippen LogP contribution in [0.15, 0.2) is 16.5 Å². The first kappa shape index (κ1) is 16.9. The molecule has 0 aliphatic carbocycles. The van der Waals surface area contributed by atoms with E-state index in [2.05, 4.69) is 4.74 Å². The van der Waals surface area contributed by atoms with Crippen LogP contribution in [0, 0.1) is 0 Å². The fourth-order valence-electron chi connectivity index (χ4n) is 2.62. The van der Waals surface area contributed by atoms with Gasteiger partial charge in [0.2, 0.25) is 5.91 Å². The van der Waals surface area contributed by atoms with Gasteiger partial charge in [0.1, 0.15) is 18.1 Å². The second kappa shape index (κ2) is 7.17. The highest BCUT2D eigenvalue weighted by Gasteiger charge is 2.32. The van der Waals surface area contributed by atoms with E-state index in [1.54, 1.807) is 4.90 Å². The van der Waals surface area contributed by atoms with Crippen molar-refractivity contribution < 1.29 is 27.1 Å². The smallest absolute Gasteiger partial charge is 0.411 e. The van der Waals surface area contributed by atoms with E-state index in [4.69, 9.17) is 4.42 Å². The number of amides is 1. The third kappa shape index (κ3) is 4.50. The molecule has 124 valence electrons. The van der Waals surface area contributed by atoms with Crippen LogP contribution in [0.25, 0.3) is 0 Å². The molecular weight excluding hydrogens is 299 g/mol. The third-order valence-electron chi connectivity index (χ3n) is 3.66. The maximum atomic E-state index is 12.2. The quantitative estimate of drug-likeness (QED) is 0.754. The van der Waals surface area contributed by atoms with Crippen LogP contribution >= 0.6 is 0 Å². The van der Waals surface area contributed by atoms with E-state index >= 15 is 0 Å². The number of hydrogen-bond donors (Lipinski definition) is 0. The molecule has 2 heterocycles. The molecule has 1 atom stereocenters. The standard InChI is InChI=1S/C15H20F3NO3/c1-2-11-5-6-13(22-11)12-4-3-8-19(12)14(20)7-9-21-10-15(16,17)18/h5-6,12H,2-4,7-10H2,1H3/t12-/m1/s1. The normalized spacial score (nSPS) is 18.9. The van der Waals surface area contributed by atoms with Crippen molar-refractivity contribution in [3.05, 3.63) is 23.7 Å². The van der Waals surface area contributed by atoms with Gasteiger partial charge in [0.05, 0.1) is 19.1 Å². The molecule has 1 aliphatic rings. The molecule has 7 heteroatoms. The van der Waals surface area contributed by atoms with E-state index in [-0.39, 0.29) is 25.0 Å². The van der Waals surface area contributed by atoms with Crippen LogP contribution in [0.1, 0.15) is 43.7 Å². The van der Waals surface area contributed by atoms with E-state index in [9.17, 15) is 18.0 Å². The summed E-state index contributed by atoms with van der Waals surface area (Å²) >= 11 is 0. The van der Waals surface area contributed by atoms with Gasteiger partial charge in [-0.2, -0.15) is 13.2 Å². The highest BCUT2D eigenvalue weighted by atomic mass is 19.4. The van der Waals surface area contributed by atoms with Crippen molar-refractivity contribution in [1.29, 1.82) is 0 Å². The van der Waals surface area contributed by atoms with Gasteiger partial charge in [0.25, 0.3) is 0 Å². The Hall–Kier alpha value is -1.50. The second-order valence-electron chi connectivity index (χ2n) is 5.32. The first-order valence-electron chi connectivity index (χ1n) is 7.43. The van der Waals surface area contributed by atoms with Gasteiger partial charge in [-0.1, -0.05) is 6.92 Å². The molecule has 1 fully saturated rings. The molecule has 0 unspecified atom stereocenters. The number of alkyl halides is 3. The van der Waals surface area contributed by atoms with Crippen LogP contribution in [0.4, 0.5) is 13.2 Å². The van der Waals surface area contributed by atoms with Gasteiger partial charge >= 0.3 is 6.18 Å². The minimum atomic E-state index is -4.36. The lowest BCUT2D eigenvalue weighted by Crippen LogP contribution is -2.31. The van der Waals surface area contributed by atoms with E-state index < -0.39 is 12.8 Å². The van der Waals surface area contributed by atoms with Crippen LogP contribution < -0.4 is 0 Å². The van der Waals surface area contributed by atoms with Gasteiger partial charge in [-0.25, -0.2) is 0 Å². The van der Waals surface area contributed by atoms with Gasteiger partial charge in [-0.3, -0.25) is 4.79 Å². The Balaban J connectivity index is 1.86. The predicted molar refractivity (Wildman–Crippen MR) is 73.3 cm³/mol. The maximum Gasteiger partial charge on any atom is 0.411 e. The fraction of sp³-hybridized carbons (Fsp3) is 0.667. The molecule has 0 N–H and O–H groups in total. The number of hydrogen-bond acceptors (Lipinski definition) is 3. The summed E-state index contributed by atoms with van der Waals surface area (Å²) in [5.41, 5.74) is 0. The van der Waals surface area contributed by atoms with Crippen LogP contribution in [0.3, 0.4) is 0 Å². The van der Waals surface area contributed by atoms with Crippen molar-refractivity contribution in [3.63, 3.8) is 0 Å². The van der Waals surface area contributed by atoms with Gasteiger partial charge in [-0.15, -0.1) is 0 Å². The molecule has 0 saturated carbocycles. The summed E-state index contributed by atoms with van der Waals surface area (Å²) in [4.78, 5) is 13.8. The Morgan fingerprint density at radius 2 is 2.23 bits per heavy atom. The van der Waals surface area contributed by atoms with Crippen molar-refractivity contribution in [2.45, 2.75) is 44.8 Å². The zero-order chi connectivity index (χ0) is 16.2. The molecule has 0 bridgehead atoms. The number of aryl methyl sites for hydroxylation is 1. The lowest BCUT2D eigenvalue weighted by Gasteiger charge is -2.23. The molecule has 1 saturated heterocycles. The monoisotopic (exact) mass is 319 g/mol. The van der Waals surface area contributed by atoms with Crippen LogP contribution in [-0.2, 0) is 16.0 Å². The summed E-state index contributed by atoms with van der Waals surface area (Å²) in [6, 6.07) is 3.65. The Kier molecular flexibility index (Phi) is 5.50. The molecule has 1 aromatic rings. The Bertz CT molecular complexity index is 498. The molecule has 1 aliphatic heterocycles. The third-order valence-corrected chi connectivity index (χ3v) is 3.66. The molecule has 0 aromatic carbocycles. The van der Waals surface area contributed by atoms with Crippen molar-refractivity contribution in [2.75, 3.05) is 19.8 Å². The summed E-state index contributed by atoms with van der Waals surface area (Å²) in [6.07, 6.45) is -1.95. The number of rotatable bonds is 6. The van der Waals surface area contributed by atoms with Crippen LogP contribution in [0.5, 0.6) is 0 Å². The van der Waals surface area contributed by atoms with Crippen molar-refractivity contribution >= 4 is 5.91 Å². The van der Waals surface area contributed by atoms with Crippen molar-refractivity contribution in [3.8, 4) is 0 Å². The van der Waals surface area contributed by atoms with Crippen molar-refractivity contribution in [1.82, 2.24) is 4.90 Å². The summed E-state index contributed by atoms with van der Waals surface area (Å²) in [5.74, 6) is 1.42. The topological polar surface area (TPSA) is 42.7 Å². The molecule has 2 rings (SSSR count). The highest BCUT2D eigenvalue weighted by Crippen LogP contribution is 2.33. The molecule has 22 heavy (non-hydrogen) atoms. The first-order chi connectivity index (χ1) is 10.4. The summed E-state index contributed by atoms with van der Waals surface area (Å²) < 4.78 is 46.1. The number of halogens is 3. The van der Waals surface area contributed by atoms with E-state index in [1.807, 2.05) is 19.1 Å². The average Bonchev–Trinajstić information content (AvgIpc) is 3.09. The van der Waals surface area contributed by atoms with Gasteiger partial charge in [0.15, 0.2) is 0 Å². The second-order valence-corrected chi connectivity index (χ2v) is 5.32. The lowest BCUT2D eigenvalue weighted by molar-refractivity contribution is -0.175. The fourth-order valence-corrected chi connectivity index (χ4v) is 2.62. The van der Waals surface area contributed by atoms with Crippen LogP contribution in [-0.4, -0.2) is 36.7 Å². The number of carbonyl (C=O) groups excluding carboxylic acids is 1. The SMILES string of the molecule is CCc1ccc([C@H]2CCCN2C(=O)CCOCC(F)(F)F)o1. The molecule has 1 amide bonds. The number of ether oxygens (including phenoxy) is 1. The zero-order valence-corrected chi connectivity index (χ0v) is 12.5. The molecule has 0 spiro atoms. The minimum absolute atomic E-state index is 0.0477. The molecule has 0 radical (unpaired) electrons. The van der Waals surface area contributed by atoms with E-state index in [0.717, 1.165) is 30.8 Å². The Morgan fingerprint density at radius 3 is 2.86 bits per heavy atom. The van der Waals surface area contributed by atoms with Gasteiger partial charge in [0, 0.05) is 13.0 Å². The van der Waals surface area contributed by atoms with Gasteiger partial charge in [-0.05, 0) is 25.0 Å². The Labute approximate surface area is 127 Å². The Morgan fingerprint density at radius 1 is 1.45 bits per heavy atom. The summed E-state index contributed by atoms with van der Waals surface area (Å²) in [5, 5.41) is 0. The van der Waals surface area contributed by atoms with E-state index in [0.29, 0.717) is 6.54 Å². The maximum absolute atomic E-state index is 12.2. The van der Waals surface area contributed by atoms with Gasteiger partial charge < -0.3 is 14.1 Å². The molecule has 4 nitrogen and oxygen atoms in total. The highest BCUT2D eigenvalue weighted by molar-refractivity contribution is 5.77. The number of nitrogens with zero attached hydrogens (tertiary/aromatic N) is 1. The number of furan rings is 1. The van der Waals surface area contributed by atoms with E-state index in [1.165, 1.54) is 0 Å². The average molecular weight is 319 g/mol. The zero-order valence-electron chi connectivity index (χ0n) is 12.5. The predicted octanol–water partition coefficient (Wildman–Crippen LogP) is 3.47. The lowest BCUT2D eigenvalue weighted by atomic mass is 10.1.